The van der Waals surface area contributed by atoms with Crippen molar-refractivity contribution < 1.29 is 14.1 Å². The van der Waals surface area contributed by atoms with Crippen LogP contribution in [0.1, 0.15) is 45.3 Å². The zero-order chi connectivity index (χ0) is 17.9. The van der Waals surface area contributed by atoms with Gasteiger partial charge in [-0.1, -0.05) is 60.7 Å². The Morgan fingerprint density at radius 1 is 1.21 bits per heavy atom. The smallest absolute Gasteiger partial charge is 0.311 e. The zero-order valence-corrected chi connectivity index (χ0v) is 15.8. The third kappa shape index (κ3) is 5.10. The molecule has 8 heteroatoms. The van der Waals surface area contributed by atoms with Crippen molar-refractivity contribution in [2.75, 3.05) is 0 Å². The van der Waals surface area contributed by atoms with Gasteiger partial charge in [0.05, 0.1) is 10.0 Å². The van der Waals surface area contributed by atoms with E-state index in [1.807, 2.05) is 20.8 Å². The Morgan fingerprint density at radius 2 is 1.83 bits per heavy atom. The van der Waals surface area contributed by atoms with Crippen LogP contribution in [0.4, 0.5) is 0 Å². The molecule has 2 aromatic rings. The highest BCUT2D eigenvalue weighted by Gasteiger charge is 2.21. The first kappa shape index (κ1) is 19.0. The summed E-state index contributed by atoms with van der Waals surface area (Å²) < 4.78 is 10.4. The van der Waals surface area contributed by atoms with Gasteiger partial charge < -0.3 is 9.26 Å². The number of aryl methyl sites for hydroxylation is 1. The molecule has 0 spiro atoms. The van der Waals surface area contributed by atoms with Crippen molar-refractivity contribution in [1.29, 1.82) is 0 Å². The van der Waals surface area contributed by atoms with Crippen LogP contribution in [0.3, 0.4) is 0 Å². The number of hydrogen-bond acceptors (Lipinski definition) is 5. The maximum absolute atomic E-state index is 11.9. The maximum atomic E-state index is 11.9. The predicted molar refractivity (Wildman–Crippen MR) is 93.0 cm³/mol. The van der Waals surface area contributed by atoms with Crippen molar-refractivity contribution in [1.82, 2.24) is 10.1 Å². The topological polar surface area (TPSA) is 65.2 Å². The highest BCUT2D eigenvalue weighted by atomic mass is 35.5. The van der Waals surface area contributed by atoms with Crippen LogP contribution in [0.5, 0.6) is 5.75 Å². The van der Waals surface area contributed by atoms with E-state index in [9.17, 15) is 4.79 Å². The van der Waals surface area contributed by atoms with Crippen molar-refractivity contribution in [3.63, 3.8) is 0 Å². The molecule has 0 bridgehead atoms. The number of ether oxygens (including phenoxy) is 1. The summed E-state index contributed by atoms with van der Waals surface area (Å²) >= 11 is 17.8. The molecule has 0 saturated heterocycles. The van der Waals surface area contributed by atoms with Crippen molar-refractivity contribution in [2.24, 2.45) is 0 Å². The third-order valence-corrected chi connectivity index (χ3v) is 3.87. The molecule has 130 valence electrons. The maximum Gasteiger partial charge on any atom is 0.311 e. The highest BCUT2D eigenvalue weighted by molar-refractivity contribution is 6.40. The lowest BCUT2D eigenvalue weighted by Gasteiger charge is -2.10. The summed E-state index contributed by atoms with van der Waals surface area (Å²) in [6, 6.07) is 2.92. The predicted octanol–water partition coefficient (Wildman–Crippen LogP) is 5.26. The Labute approximate surface area is 155 Å². The summed E-state index contributed by atoms with van der Waals surface area (Å²) in [7, 11) is 0. The minimum absolute atomic E-state index is 0.112. The van der Waals surface area contributed by atoms with Crippen LogP contribution in [-0.2, 0) is 16.6 Å². The molecule has 0 radical (unpaired) electrons. The van der Waals surface area contributed by atoms with E-state index in [1.54, 1.807) is 0 Å². The van der Waals surface area contributed by atoms with E-state index < -0.39 is 5.97 Å². The van der Waals surface area contributed by atoms with Crippen molar-refractivity contribution in [3.05, 3.63) is 38.9 Å². The lowest BCUT2D eigenvalue weighted by molar-refractivity contribution is -0.134. The SMILES string of the molecule is CC(C)(C)c1noc(CCCC(=O)Oc2c(Cl)cc(Cl)cc2Cl)n1. The number of rotatable bonds is 5. The first-order valence-electron chi connectivity index (χ1n) is 7.35. The Balaban J connectivity index is 1.87. The highest BCUT2D eigenvalue weighted by Crippen LogP contribution is 2.36. The Bertz CT molecular complexity index is 715. The van der Waals surface area contributed by atoms with Gasteiger partial charge in [0.1, 0.15) is 0 Å². The molecule has 0 N–H and O–H groups in total. The molecule has 24 heavy (non-hydrogen) atoms. The van der Waals surface area contributed by atoms with E-state index in [0.29, 0.717) is 29.6 Å². The second kappa shape index (κ2) is 7.72. The first-order chi connectivity index (χ1) is 11.2. The largest absolute Gasteiger partial charge is 0.423 e. The second-order valence-corrected chi connectivity index (χ2v) is 7.54. The van der Waals surface area contributed by atoms with Crippen LogP contribution in [0.15, 0.2) is 16.7 Å². The zero-order valence-electron chi connectivity index (χ0n) is 13.5. The van der Waals surface area contributed by atoms with Crippen LogP contribution >= 0.6 is 34.8 Å². The molecular formula is C16H17Cl3N2O3. The number of carbonyl (C=O) groups is 1. The molecule has 2 rings (SSSR count). The average Bonchev–Trinajstić information content (AvgIpc) is 2.91. The van der Waals surface area contributed by atoms with E-state index in [2.05, 4.69) is 10.1 Å². The van der Waals surface area contributed by atoms with E-state index >= 15 is 0 Å². The third-order valence-electron chi connectivity index (χ3n) is 3.09. The molecule has 0 aliphatic heterocycles. The molecular weight excluding hydrogens is 375 g/mol. The Morgan fingerprint density at radius 3 is 2.38 bits per heavy atom. The second-order valence-electron chi connectivity index (χ2n) is 6.29. The molecule has 0 aliphatic rings. The standard InChI is InChI=1S/C16H17Cl3N2O3/c1-16(2,3)15-20-12(24-21-15)5-4-6-13(22)23-14-10(18)7-9(17)8-11(14)19/h7-8H,4-6H2,1-3H3. The molecule has 1 heterocycles. The van der Waals surface area contributed by atoms with Crippen LogP contribution in [0.2, 0.25) is 15.1 Å². The molecule has 1 aromatic carbocycles. The Kier molecular flexibility index (Phi) is 6.12. The molecule has 0 amide bonds. The number of halogens is 3. The summed E-state index contributed by atoms with van der Waals surface area (Å²) in [6.07, 6.45) is 1.16. The van der Waals surface area contributed by atoms with Gasteiger partial charge in [-0.25, -0.2) is 0 Å². The van der Waals surface area contributed by atoms with Crippen molar-refractivity contribution >= 4 is 40.8 Å². The molecule has 0 aliphatic carbocycles. The lowest BCUT2D eigenvalue weighted by Crippen LogP contribution is -2.13. The minimum atomic E-state index is -0.448. The van der Waals surface area contributed by atoms with Crippen molar-refractivity contribution in [3.8, 4) is 5.75 Å². The van der Waals surface area contributed by atoms with Crippen LogP contribution < -0.4 is 4.74 Å². The van der Waals surface area contributed by atoms with Crippen LogP contribution in [0.25, 0.3) is 0 Å². The first-order valence-corrected chi connectivity index (χ1v) is 8.48. The van der Waals surface area contributed by atoms with Crippen molar-refractivity contribution in [2.45, 2.75) is 45.4 Å². The van der Waals surface area contributed by atoms with E-state index in [4.69, 9.17) is 44.1 Å². The normalized spacial score (nSPS) is 11.6. The molecule has 0 saturated carbocycles. The van der Waals surface area contributed by atoms with Gasteiger partial charge in [-0.3, -0.25) is 4.79 Å². The fraction of sp³-hybridized carbons (Fsp3) is 0.438. The number of nitrogens with zero attached hydrogens (tertiary/aromatic N) is 2. The monoisotopic (exact) mass is 390 g/mol. The fourth-order valence-electron chi connectivity index (χ4n) is 1.84. The number of benzene rings is 1. The van der Waals surface area contributed by atoms with Gasteiger partial charge in [-0.2, -0.15) is 4.98 Å². The van der Waals surface area contributed by atoms with Gasteiger partial charge in [0.25, 0.3) is 0 Å². The molecule has 0 unspecified atom stereocenters. The number of aromatic nitrogens is 2. The summed E-state index contributed by atoms with van der Waals surface area (Å²) in [5, 5.41) is 4.68. The van der Waals surface area contributed by atoms with Gasteiger partial charge in [0.15, 0.2) is 11.6 Å². The van der Waals surface area contributed by atoms with Crippen LogP contribution in [0, 0.1) is 0 Å². The van der Waals surface area contributed by atoms with E-state index in [-0.39, 0.29) is 27.6 Å². The Hall–Kier alpha value is -1.30. The van der Waals surface area contributed by atoms with Gasteiger partial charge in [0, 0.05) is 23.3 Å². The summed E-state index contributed by atoms with van der Waals surface area (Å²) in [4.78, 5) is 16.2. The van der Waals surface area contributed by atoms with Gasteiger partial charge in [-0.15, -0.1) is 0 Å². The minimum Gasteiger partial charge on any atom is -0.423 e. The molecule has 0 fully saturated rings. The van der Waals surface area contributed by atoms with Gasteiger partial charge in [0.2, 0.25) is 5.89 Å². The summed E-state index contributed by atoms with van der Waals surface area (Å²) in [5.41, 5.74) is -0.178. The van der Waals surface area contributed by atoms with E-state index in [1.165, 1.54) is 12.1 Å². The summed E-state index contributed by atoms with van der Waals surface area (Å²) in [6.45, 7) is 6.00. The lowest BCUT2D eigenvalue weighted by atomic mass is 9.96. The molecule has 1 aromatic heterocycles. The fourth-order valence-corrected chi connectivity index (χ4v) is 2.73. The van der Waals surface area contributed by atoms with Gasteiger partial charge in [-0.05, 0) is 18.6 Å². The molecule has 5 nitrogen and oxygen atoms in total. The van der Waals surface area contributed by atoms with Gasteiger partial charge >= 0.3 is 5.97 Å². The van der Waals surface area contributed by atoms with Crippen LogP contribution in [-0.4, -0.2) is 16.1 Å². The van der Waals surface area contributed by atoms with E-state index in [0.717, 1.165) is 0 Å². The molecule has 0 atom stereocenters. The summed E-state index contributed by atoms with van der Waals surface area (Å²) in [5.74, 6) is 0.798. The number of hydrogen-bond donors (Lipinski definition) is 0. The average molecular weight is 392 g/mol. The number of esters is 1. The quantitative estimate of drug-likeness (QED) is 0.514. The number of carbonyl (C=O) groups excluding carboxylic acids is 1.